The Labute approximate surface area is 113 Å². The van der Waals surface area contributed by atoms with Gasteiger partial charge in [-0.25, -0.2) is 8.78 Å². The molecule has 0 saturated heterocycles. The third-order valence-corrected chi connectivity index (χ3v) is 3.37. The second-order valence-electron chi connectivity index (χ2n) is 4.74. The van der Waals surface area contributed by atoms with Crippen LogP contribution in [0.4, 0.5) is 8.78 Å². The van der Waals surface area contributed by atoms with Crippen LogP contribution in [0.2, 0.25) is 0 Å². The van der Waals surface area contributed by atoms with Crippen LogP contribution in [-0.2, 0) is 11.2 Å². The second kappa shape index (κ2) is 7.87. The topological polar surface area (TPSA) is 29.1 Å². The number of amides is 1. The third-order valence-electron chi connectivity index (χ3n) is 3.37. The Hall–Kier alpha value is -1.45. The van der Waals surface area contributed by atoms with E-state index in [0.717, 1.165) is 25.0 Å². The van der Waals surface area contributed by atoms with Crippen LogP contribution < -0.4 is 5.32 Å². The molecule has 0 atom stereocenters. The zero-order chi connectivity index (χ0) is 14.3. The molecular formula is C15H21F2NO. The van der Waals surface area contributed by atoms with Gasteiger partial charge in [0, 0.05) is 13.0 Å². The molecule has 0 unspecified atom stereocenters. The molecule has 1 aromatic carbocycles. The third kappa shape index (κ3) is 5.37. The van der Waals surface area contributed by atoms with Gasteiger partial charge in [0.15, 0.2) is 11.6 Å². The van der Waals surface area contributed by atoms with Gasteiger partial charge in [0.1, 0.15) is 0 Å². The van der Waals surface area contributed by atoms with E-state index in [1.165, 1.54) is 6.07 Å². The fourth-order valence-electron chi connectivity index (χ4n) is 1.88. The summed E-state index contributed by atoms with van der Waals surface area (Å²) in [6.07, 6.45) is 2.80. The van der Waals surface area contributed by atoms with Crippen LogP contribution in [0.25, 0.3) is 0 Å². The highest BCUT2D eigenvalue weighted by Crippen LogP contribution is 2.10. The van der Waals surface area contributed by atoms with Crippen LogP contribution in [0.5, 0.6) is 0 Å². The van der Waals surface area contributed by atoms with Crippen LogP contribution >= 0.6 is 0 Å². The molecule has 0 heterocycles. The zero-order valence-electron chi connectivity index (χ0n) is 11.5. The van der Waals surface area contributed by atoms with Gasteiger partial charge in [0.2, 0.25) is 5.91 Å². The molecule has 0 aliphatic heterocycles. The van der Waals surface area contributed by atoms with Crippen molar-refractivity contribution in [2.45, 2.75) is 39.5 Å². The summed E-state index contributed by atoms with van der Waals surface area (Å²) >= 11 is 0. The van der Waals surface area contributed by atoms with E-state index < -0.39 is 11.6 Å². The quantitative estimate of drug-likeness (QED) is 0.807. The maximum Gasteiger partial charge on any atom is 0.220 e. The summed E-state index contributed by atoms with van der Waals surface area (Å²) < 4.78 is 25.7. The minimum atomic E-state index is -0.866. The van der Waals surface area contributed by atoms with Gasteiger partial charge in [0.05, 0.1) is 0 Å². The van der Waals surface area contributed by atoms with Crippen LogP contribution in [0.1, 0.15) is 38.7 Å². The van der Waals surface area contributed by atoms with Gasteiger partial charge in [-0.3, -0.25) is 4.79 Å². The monoisotopic (exact) mass is 269 g/mol. The van der Waals surface area contributed by atoms with E-state index in [2.05, 4.69) is 19.2 Å². The summed E-state index contributed by atoms with van der Waals surface area (Å²) in [6, 6.07) is 3.74. The van der Waals surface area contributed by atoms with E-state index in [-0.39, 0.29) is 5.91 Å². The summed E-state index contributed by atoms with van der Waals surface area (Å²) in [5, 5.41) is 2.87. The van der Waals surface area contributed by atoms with Crippen molar-refractivity contribution in [2.24, 2.45) is 5.92 Å². The lowest BCUT2D eigenvalue weighted by molar-refractivity contribution is -0.121. The first-order valence-corrected chi connectivity index (χ1v) is 6.77. The number of hydrogen-bond acceptors (Lipinski definition) is 1. The van der Waals surface area contributed by atoms with Gasteiger partial charge >= 0.3 is 0 Å². The van der Waals surface area contributed by atoms with Crippen LogP contribution in [0, 0.1) is 17.6 Å². The molecule has 1 rings (SSSR count). The first-order valence-electron chi connectivity index (χ1n) is 6.77. The van der Waals surface area contributed by atoms with Gasteiger partial charge in [0.25, 0.3) is 0 Å². The molecular weight excluding hydrogens is 248 g/mol. The second-order valence-corrected chi connectivity index (χ2v) is 4.74. The number of nitrogens with one attached hydrogen (secondary N) is 1. The van der Waals surface area contributed by atoms with Crippen molar-refractivity contribution in [3.8, 4) is 0 Å². The van der Waals surface area contributed by atoms with Crippen molar-refractivity contribution in [3.63, 3.8) is 0 Å². The first kappa shape index (κ1) is 15.6. The molecule has 1 N–H and O–H groups in total. The van der Waals surface area contributed by atoms with Gasteiger partial charge < -0.3 is 5.32 Å². The predicted octanol–water partition coefficient (Wildman–Crippen LogP) is 3.45. The maximum atomic E-state index is 13.0. The molecule has 0 radical (unpaired) electrons. The Bertz CT molecular complexity index is 417. The van der Waals surface area contributed by atoms with Crippen molar-refractivity contribution >= 4 is 5.91 Å². The number of carbonyl (C=O) groups excluding carboxylic acids is 1. The van der Waals surface area contributed by atoms with Gasteiger partial charge in [-0.2, -0.15) is 0 Å². The Balaban J connectivity index is 2.35. The molecule has 0 fully saturated rings. The van der Waals surface area contributed by atoms with Crippen molar-refractivity contribution in [1.82, 2.24) is 5.32 Å². The molecule has 19 heavy (non-hydrogen) atoms. The summed E-state index contributed by atoms with van der Waals surface area (Å²) in [5.41, 5.74) is 0.636. The van der Waals surface area contributed by atoms with Crippen LogP contribution in [0.15, 0.2) is 18.2 Å². The number of rotatable bonds is 7. The molecule has 0 aromatic heterocycles. The molecule has 0 aliphatic carbocycles. The number of benzene rings is 1. The van der Waals surface area contributed by atoms with Crippen molar-refractivity contribution < 1.29 is 13.6 Å². The minimum absolute atomic E-state index is 0.0448. The normalized spacial score (nSPS) is 10.8. The molecule has 4 heteroatoms. The zero-order valence-corrected chi connectivity index (χ0v) is 11.5. The van der Waals surface area contributed by atoms with Gasteiger partial charge in [-0.1, -0.05) is 32.8 Å². The van der Waals surface area contributed by atoms with Gasteiger partial charge in [-0.15, -0.1) is 0 Å². The highest BCUT2D eigenvalue weighted by Gasteiger charge is 2.08. The number of halogens is 2. The SMILES string of the molecule is CCC(CC)CNC(=O)CCc1ccc(F)c(F)c1. The molecule has 2 nitrogen and oxygen atoms in total. The largest absolute Gasteiger partial charge is 0.356 e. The fourth-order valence-corrected chi connectivity index (χ4v) is 1.88. The van der Waals surface area contributed by atoms with Crippen molar-refractivity contribution in [3.05, 3.63) is 35.4 Å². The molecule has 0 saturated carbocycles. The average molecular weight is 269 g/mol. The smallest absolute Gasteiger partial charge is 0.220 e. The number of aryl methyl sites for hydroxylation is 1. The summed E-state index contributed by atoms with van der Waals surface area (Å²) in [6.45, 7) is 4.88. The van der Waals surface area contributed by atoms with E-state index in [4.69, 9.17) is 0 Å². The molecule has 1 aromatic rings. The van der Waals surface area contributed by atoms with E-state index in [1.807, 2.05) is 0 Å². The van der Waals surface area contributed by atoms with Crippen molar-refractivity contribution in [1.29, 1.82) is 0 Å². The lowest BCUT2D eigenvalue weighted by Crippen LogP contribution is -2.29. The summed E-state index contributed by atoms with van der Waals surface area (Å²) in [7, 11) is 0. The lowest BCUT2D eigenvalue weighted by Gasteiger charge is -2.13. The molecule has 0 spiro atoms. The van der Waals surface area contributed by atoms with Crippen molar-refractivity contribution in [2.75, 3.05) is 6.54 Å². The van der Waals surface area contributed by atoms with E-state index in [9.17, 15) is 13.6 Å². The Kier molecular flexibility index (Phi) is 6.46. The maximum absolute atomic E-state index is 13.0. The number of carbonyl (C=O) groups is 1. The standard InChI is InChI=1S/C15H21F2NO/c1-3-11(4-2)10-18-15(19)8-6-12-5-7-13(16)14(17)9-12/h5,7,9,11H,3-4,6,8,10H2,1-2H3,(H,18,19). The Morgan fingerprint density at radius 3 is 2.47 bits per heavy atom. The van der Waals surface area contributed by atoms with E-state index >= 15 is 0 Å². The van der Waals surface area contributed by atoms with Crippen LogP contribution in [0.3, 0.4) is 0 Å². The minimum Gasteiger partial charge on any atom is -0.356 e. The molecule has 0 bridgehead atoms. The average Bonchev–Trinajstić information content (AvgIpc) is 2.41. The van der Waals surface area contributed by atoms with Gasteiger partial charge in [-0.05, 0) is 30.0 Å². The summed E-state index contributed by atoms with van der Waals surface area (Å²) in [5.74, 6) is -1.26. The van der Waals surface area contributed by atoms with Crippen LogP contribution in [-0.4, -0.2) is 12.5 Å². The highest BCUT2D eigenvalue weighted by atomic mass is 19.2. The first-order chi connectivity index (χ1) is 9.06. The molecule has 0 aliphatic rings. The Morgan fingerprint density at radius 2 is 1.89 bits per heavy atom. The number of hydrogen-bond donors (Lipinski definition) is 1. The highest BCUT2D eigenvalue weighted by molar-refractivity contribution is 5.76. The lowest BCUT2D eigenvalue weighted by atomic mass is 10.0. The predicted molar refractivity (Wildman–Crippen MR) is 71.8 cm³/mol. The summed E-state index contributed by atoms with van der Waals surface area (Å²) in [4.78, 5) is 11.6. The van der Waals surface area contributed by atoms with E-state index in [1.54, 1.807) is 0 Å². The van der Waals surface area contributed by atoms with E-state index in [0.29, 0.717) is 30.9 Å². The molecule has 106 valence electrons. The fraction of sp³-hybridized carbons (Fsp3) is 0.533. The molecule has 1 amide bonds. The Morgan fingerprint density at radius 1 is 1.21 bits per heavy atom.